The van der Waals surface area contributed by atoms with Crippen molar-refractivity contribution in [2.45, 2.75) is 30.9 Å². The Labute approximate surface area is 166 Å². The van der Waals surface area contributed by atoms with Gasteiger partial charge in [-0.15, -0.1) is 0 Å². The van der Waals surface area contributed by atoms with Gasteiger partial charge in [0.15, 0.2) is 0 Å². The number of hydrogen-bond donors (Lipinski definition) is 0. The van der Waals surface area contributed by atoms with E-state index in [1.54, 1.807) is 6.07 Å². The minimum absolute atomic E-state index is 0.154. The first-order valence-corrected chi connectivity index (χ1v) is 10.5. The monoisotopic (exact) mass is 434 g/mol. The smallest absolute Gasteiger partial charge is 0.416 e. The van der Waals surface area contributed by atoms with Crippen molar-refractivity contribution in [2.75, 3.05) is 13.1 Å². The molecule has 3 rings (SSSR count). The maximum Gasteiger partial charge on any atom is 0.416 e. The van der Waals surface area contributed by atoms with E-state index in [0.29, 0.717) is 35.7 Å². The predicted octanol–water partition coefficient (Wildman–Crippen LogP) is 4.13. The van der Waals surface area contributed by atoms with E-state index in [9.17, 15) is 21.6 Å². The third-order valence-corrected chi connectivity index (χ3v) is 6.49. The molecule has 2 aromatic rings. The summed E-state index contributed by atoms with van der Waals surface area (Å²) in [4.78, 5) is 3.87. The standard InChI is InChI=1S/C18H18ClF3N2O3S/c19-16-10-23-8-7-17(16)27-15-2-1-9-24(11-15)28(25,26)12-13-3-5-14(6-4-13)18(20,21)22/h3-8,10,15H,1-2,9,11-12H2. The van der Waals surface area contributed by atoms with E-state index in [0.717, 1.165) is 12.1 Å². The summed E-state index contributed by atoms with van der Waals surface area (Å²) in [6.45, 7) is 0.495. The van der Waals surface area contributed by atoms with Crippen molar-refractivity contribution in [3.05, 3.63) is 58.9 Å². The molecule has 0 amide bonds. The number of pyridine rings is 1. The van der Waals surface area contributed by atoms with Gasteiger partial charge >= 0.3 is 6.18 Å². The zero-order chi connectivity index (χ0) is 20.4. The third-order valence-electron chi connectivity index (χ3n) is 4.39. The van der Waals surface area contributed by atoms with E-state index >= 15 is 0 Å². The second kappa shape index (κ2) is 8.26. The van der Waals surface area contributed by atoms with E-state index in [1.807, 2.05) is 0 Å². The molecule has 1 aliphatic rings. The van der Waals surface area contributed by atoms with Gasteiger partial charge in [-0.25, -0.2) is 8.42 Å². The molecule has 0 N–H and O–H groups in total. The molecule has 0 aliphatic carbocycles. The Hall–Kier alpha value is -1.84. The lowest BCUT2D eigenvalue weighted by Gasteiger charge is -2.32. The molecule has 5 nitrogen and oxygen atoms in total. The molecule has 2 heterocycles. The molecule has 1 aromatic carbocycles. The zero-order valence-electron chi connectivity index (χ0n) is 14.7. The van der Waals surface area contributed by atoms with Gasteiger partial charge in [-0.2, -0.15) is 17.5 Å². The van der Waals surface area contributed by atoms with Crippen LogP contribution >= 0.6 is 11.6 Å². The maximum atomic E-state index is 12.7. The zero-order valence-corrected chi connectivity index (χ0v) is 16.3. The van der Waals surface area contributed by atoms with Gasteiger partial charge in [0.05, 0.1) is 17.9 Å². The first kappa shape index (κ1) is 20.9. The highest BCUT2D eigenvalue weighted by molar-refractivity contribution is 7.88. The van der Waals surface area contributed by atoms with Crippen LogP contribution in [0, 0.1) is 0 Å². The minimum atomic E-state index is -4.46. The van der Waals surface area contributed by atoms with Crippen LogP contribution in [0.5, 0.6) is 5.75 Å². The highest BCUT2D eigenvalue weighted by Gasteiger charge is 2.32. The van der Waals surface area contributed by atoms with E-state index in [2.05, 4.69) is 4.98 Å². The van der Waals surface area contributed by atoms with E-state index < -0.39 is 21.8 Å². The fraction of sp³-hybridized carbons (Fsp3) is 0.389. The molecule has 1 atom stereocenters. The molecule has 1 aromatic heterocycles. The van der Waals surface area contributed by atoms with Crippen molar-refractivity contribution < 1.29 is 26.3 Å². The number of piperidine rings is 1. The van der Waals surface area contributed by atoms with Crippen LogP contribution in [0.1, 0.15) is 24.0 Å². The molecule has 0 radical (unpaired) electrons. The number of nitrogens with zero attached hydrogens (tertiary/aromatic N) is 2. The lowest BCUT2D eigenvalue weighted by atomic mass is 10.1. The Bertz CT molecular complexity index is 920. The largest absolute Gasteiger partial charge is 0.487 e. The molecule has 1 unspecified atom stereocenters. The summed E-state index contributed by atoms with van der Waals surface area (Å²) in [7, 11) is -3.69. The number of ether oxygens (including phenoxy) is 1. The van der Waals surface area contributed by atoms with Crippen molar-refractivity contribution in [1.29, 1.82) is 0 Å². The minimum Gasteiger partial charge on any atom is -0.487 e. The molecular weight excluding hydrogens is 417 g/mol. The van der Waals surface area contributed by atoms with Crippen LogP contribution < -0.4 is 4.74 Å². The Balaban J connectivity index is 1.67. The topological polar surface area (TPSA) is 59.5 Å². The average Bonchev–Trinajstić information content (AvgIpc) is 2.63. The van der Waals surface area contributed by atoms with Gasteiger partial charge in [-0.3, -0.25) is 4.98 Å². The highest BCUT2D eigenvalue weighted by atomic mass is 35.5. The van der Waals surface area contributed by atoms with Crippen molar-refractivity contribution in [1.82, 2.24) is 9.29 Å². The third kappa shape index (κ3) is 5.15. The van der Waals surface area contributed by atoms with E-state index in [4.69, 9.17) is 16.3 Å². The molecule has 152 valence electrons. The second-order valence-electron chi connectivity index (χ2n) is 6.50. The van der Waals surface area contributed by atoms with E-state index in [-0.39, 0.29) is 18.4 Å². The number of sulfonamides is 1. The summed E-state index contributed by atoms with van der Waals surface area (Å²) in [5.41, 5.74) is -0.512. The summed E-state index contributed by atoms with van der Waals surface area (Å²) in [6, 6.07) is 5.76. The quantitative estimate of drug-likeness (QED) is 0.710. The number of benzene rings is 1. The molecule has 0 spiro atoms. The Morgan fingerprint density at radius 3 is 2.57 bits per heavy atom. The average molecular weight is 435 g/mol. The molecular formula is C18H18ClF3N2O3S. The summed E-state index contributed by atoms with van der Waals surface area (Å²) in [5, 5.41) is 0.340. The van der Waals surface area contributed by atoms with Crippen molar-refractivity contribution in [3.8, 4) is 5.75 Å². The van der Waals surface area contributed by atoms with Crippen molar-refractivity contribution in [2.24, 2.45) is 0 Å². The predicted molar refractivity (Wildman–Crippen MR) is 98.5 cm³/mol. The van der Waals surface area contributed by atoms with Gasteiger partial charge < -0.3 is 4.74 Å². The fourth-order valence-electron chi connectivity index (χ4n) is 2.98. The second-order valence-corrected chi connectivity index (χ2v) is 8.87. The fourth-order valence-corrected chi connectivity index (χ4v) is 4.74. The van der Waals surface area contributed by atoms with Crippen LogP contribution in [0.4, 0.5) is 13.2 Å². The first-order chi connectivity index (χ1) is 13.1. The molecule has 1 fully saturated rings. The van der Waals surface area contributed by atoms with Crippen LogP contribution in [0.15, 0.2) is 42.7 Å². The lowest BCUT2D eigenvalue weighted by Crippen LogP contribution is -2.44. The molecule has 10 heteroatoms. The van der Waals surface area contributed by atoms with Gasteiger partial charge in [0.1, 0.15) is 16.9 Å². The van der Waals surface area contributed by atoms with Crippen molar-refractivity contribution in [3.63, 3.8) is 0 Å². The van der Waals surface area contributed by atoms with Crippen LogP contribution in [-0.4, -0.2) is 36.9 Å². The van der Waals surface area contributed by atoms with Crippen LogP contribution in [0.25, 0.3) is 0 Å². The Morgan fingerprint density at radius 2 is 1.93 bits per heavy atom. The summed E-state index contributed by atoms with van der Waals surface area (Å²) in [6.07, 6.45) is -0.564. The summed E-state index contributed by atoms with van der Waals surface area (Å²) in [5.74, 6) is 0.0667. The van der Waals surface area contributed by atoms with E-state index in [1.165, 1.54) is 28.8 Å². The van der Waals surface area contributed by atoms with Gasteiger partial charge in [-0.1, -0.05) is 23.7 Å². The molecule has 1 aliphatic heterocycles. The number of rotatable bonds is 5. The number of aromatic nitrogens is 1. The summed E-state index contributed by atoms with van der Waals surface area (Å²) >= 11 is 6.02. The number of hydrogen-bond acceptors (Lipinski definition) is 4. The highest BCUT2D eigenvalue weighted by Crippen LogP contribution is 2.30. The van der Waals surface area contributed by atoms with Crippen LogP contribution in [-0.2, 0) is 22.0 Å². The number of halogens is 4. The first-order valence-electron chi connectivity index (χ1n) is 8.55. The Kier molecular flexibility index (Phi) is 6.16. The van der Waals surface area contributed by atoms with Gasteiger partial charge in [0.25, 0.3) is 0 Å². The lowest BCUT2D eigenvalue weighted by molar-refractivity contribution is -0.137. The number of alkyl halides is 3. The van der Waals surface area contributed by atoms with Crippen LogP contribution in [0.2, 0.25) is 5.02 Å². The molecule has 1 saturated heterocycles. The Morgan fingerprint density at radius 1 is 1.21 bits per heavy atom. The maximum absolute atomic E-state index is 12.7. The molecule has 0 saturated carbocycles. The SMILES string of the molecule is O=S(=O)(Cc1ccc(C(F)(F)F)cc1)N1CCCC(Oc2ccncc2Cl)C1. The molecule has 0 bridgehead atoms. The van der Waals surface area contributed by atoms with Crippen molar-refractivity contribution >= 4 is 21.6 Å². The van der Waals surface area contributed by atoms with Gasteiger partial charge in [0.2, 0.25) is 10.0 Å². The van der Waals surface area contributed by atoms with Gasteiger partial charge in [-0.05, 0) is 30.5 Å². The normalized spacial score (nSPS) is 18.8. The van der Waals surface area contributed by atoms with Gasteiger partial charge in [0, 0.05) is 25.0 Å². The van der Waals surface area contributed by atoms with Crippen LogP contribution in [0.3, 0.4) is 0 Å². The summed E-state index contributed by atoms with van der Waals surface area (Å²) < 4.78 is 70.5. The molecule has 28 heavy (non-hydrogen) atoms.